The number of aliphatic imine (C=N–C) groups is 1. The highest BCUT2D eigenvalue weighted by Gasteiger charge is 2.57. The van der Waals surface area contributed by atoms with E-state index in [-0.39, 0.29) is 54.8 Å². The van der Waals surface area contributed by atoms with Crippen molar-refractivity contribution in [3.63, 3.8) is 0 Å². The topological polar surface area (TPSA) is 134 Å². The van der Waals surface area contributed by atoms with Gasteiger partial charge in [-0.1, -0.05) is 6.07 Å². The summed E-state index contributed by atoms with van der Waals surface area (Å²) in [4.78, 5) is 17.0. The molecule has 0 saturated carbocycles. The van der Waals surface area contributed by atoms with Gasteiger partial charge in [-0.25, -0.2) is 12.8 Å². The van der Waals surface area contributed by atoms with E-state index < -0.39 is 31.7 Å². The van der Waals surface area contributed by atoms with Gasteiger partial charge in [0.25, 0.3) is 0 Å². The van der Waals surface area contributed by atoms with Crippen molar-refractivity contribution in [2.45, 2.75) is 30.1 Å². The van der Waals surface area contributed by atoms with Crippen LogP contribution in [0.1, 0.15) is 35.0 Å². The monoisotopic (exact) mass is 462 g/mol. The lowest BCUT2D eigenvalue weighted by atomic mass is 9.90. The van der Waals surface area contributed by atoms with Gasteiger partial charge in [-0.15, -0.1) is 10.2 Å². The third-order valence-electron chi connectivity index (χ3n) is 6.00. The van der Waals surface area contributed by atoms with Crippen molar-refractivity contribution in [3.8, 4) is 5.88 Å². The molecule has 1 saturated heterocycles. The van der Waals surface area contributed by atoms with Crippen LogP contribution in [0.4, 0.5) is 4.39 Å². The van der Waals surface area contributed by atoms with Gasteiger partial charge in [-0.3, -0.25) is 9.79 Å². The van der Waals surface area contributed by atoms with Crippen LogP contribution in [0.3, 0.4) is 0 Å². The Morgan fingerprint density at radius 3 is 2.66 bits per heavy atom. The molecule has 0 aliphatic carbocycles. The molecule has 2 N–H and O–H groups in total. The molecule has 1 fully saturated rings. The first-order valence-electron chi connectivity index (χ1n) is 9.96. The van der Waals surface area contributed by atoms with Gasteiger partial charge in [0, 0.05) is 24.7 Å². The fourth-order valence-electron chi connectivity index (χ4n) is 4.15. The van der Waals surface area contributed by atoms with E-state index in [9.17, 15) is 17.6 Å². The molecule has 0 amide bonds. The first kappa shape index (κ1) is 22.3. The predicted octanol–water partition coefficient (Wildman–Crippen LogP) is 1.21. The number of benzene rings is 1. The first-order valence-corrected chi connectivity index (χ1v) is 11.6. The molecule has 9 nitrogen and oxygen atoms in total. The number of Topliss-reactive ketones (excluding diaryl/α,β-unsaturated/α-hetero) is 1. The molecule has 0 unspecified atom stereocenters. The Kier molecular flexibility index (Phi) is 5.49. The molecule has 2 aromatic rings. The molecule has 2 atom stereocenters. The van der Waals surface area contributed by atoms with Crippen LogP contribution in [0.25, 0.3) is 0 Å². The lowest BCUT2D eigenvalue weighted by molar-refractivity contribution is 0.0987. The number of halogens is 1. The van der Waals surface area contributed by atoms with Crippen molar-refractivity contribution in [2.24, 2.45) is 10.7 Å². The van der Waals surface area contributed by atoms with E-state index in [2.05, 4.69) is 15.2 Å². The van der Waals surface area contributed by atoms with Gasteiger partial charge in [0.15, 0.2) is 20.4 Å². The summed E-state index contributed by atoms with van der Waals surface area (Å²) in [6.07, 6.45) is 0.148. The number of nitrogens with zero attached hydrogens (tertiary/aromatic N) is 3. The molecular weight excluding hydrogens is 439 g/mol. The normalized spacial score (nSPS) is 26.7. The van der Waals surface area contributed by atoms with Gasteiger partial charge < -0.3 is 15.2 Å². The Labute approximate surface area is 184 Å². The minimum atomic E-state index is -3.77. The maximum Gasteiger partial charge on any atom is 0.233 e. The number of aromatic nitrogens is 2. The lowest BCUT2D eigenvalue weighted by Crippen LogP contribution is -2.58. The summed E-state index contributed by atoms with van der Waals surface area (Å²) in [5.41, 5.74) is 5.37. The number of amidine groups is 1. The second kappa shape index (κ2) is 7.89. The van der Waals surface area contributed by atoms with E-state index >= 15 is 0 Å². The largest absolute Gasteiger partial charge is 0.480 e. The summed E-state index contributed by atoms with van der Waals surface area (Å²) in [6.45, 7) is 1.74. The molecule has 1 aromatic heterocycles. The molecule has 2 aliphatic rings. The highest BCUT2D eigenvalue weighted by Crippen LogP contribution is 2.41. The van der Waals surface area contributed by atoms with Gasteiger partial charge in [0.1, 0.15) is 22.9 Å². The Hall–Kier alpha value is -2.92. The number of carbonyl (C=O) groups is 1. The highest BCUT2D eigenvalue weighted by atomic mass is 32.2. The average molecular weight is 463 g/mol. The SMILES string of the molecule is COc1ccc(C(=O)Cc2ccc(F)c([C@]3(C)CS(=O)(=O)[C@]4(CCOC4)C(N)=N3)c2)nn1. The maximum atomic E-state index is 14.8. The van der Waals surface area contributed by atoms with E-state index in [4.69, 9.17) is 15.2 Å². The molecule has 170 valence electrons. The van der Waals surface area contributed by atoms with Crippen LogP contribution in [-0.4, -0.2) is 61.1 Å². The molecule has 0 radical (unpaired) electrons. The summed E-state index contributed by atoms with van der Waals surface area (Å²) in [6, 6.07) is 7.13. The zero-order valence-electron chi connectivity index (χ0n) is 17.7. The summed E-state index contributed by atoms with van der Waals surface area (Å²) in [5, 5.41) is 7.60. The minimum Gasteiger partial charge on any atom is -0.480 e. The fraction of sp³-hybridized carbons (Fsp3) is 0.429. The number of rotatable bonds is 5. The fourth-order valence-corrected chi connectivity index (χ4v) is 6.41. The van der Waals surface area contributed by atoms with Crippen molar-refractivity contribution in [1.29, 1.82) is 0 Å². The average Bonchev–Trinajstić information content (AvgIpc) is 3.26. The number of methoxy groups -OCH3 is 1. The number of carbonyl (C=O) groups excluding carboxylic acids is 1. The van der Waals surface area contributed by atoms with E-state index in [0.29, 0.717) is 5.56 Å². The van der Waals surface area contributed by atoms with Gasteiger partial charge in [0.2, 0.25) is 5.88 Å². The molecule has 32 heavy (non-hydrogen) atoms. The van der Waals surface area contributed by atoms with Gasteiger partial charge >= 0.3 is 0 Å². The standard InChI is InChI=1S/C21H23FN4O5S/c1-20(12-32(28,29)21(19(23)24-20)7-8-31-11-21)14-9-13(3-4-15(14)22)10-17(27)16-5-6-18(30-2)26-25-16/h3-6,9H,7-8,10-12H2,1-2H3,(H2,23,24)/t20-,21-/m0/s1. The van der Waals surface area contributed by atoms with Gasteiger partial charge in [-0.05, 0) is 37.1 Å². The van der Waals surface area contributed by atoms with Crippen LogP contribution in [0.5, 0.6) is 5.88 Å². The van der Waals surface area contributed by atoms with Crippen LogP contribution in [0.15, 0.2) is 35.3 Å². The molecule has 1 spiro atoms. The Balaban J connectivity index is 1.66. The smallest absolute Gasteiger partial charge is 0.233 e. The maximum absolute atomic E-state index is 14.8. The molecular formula is C21H23FN4O5S. The predicted molar refractivity (Wildman–Crippen MR) is 114 cm³/mol. The number of hydrogen-bond acceptors (Lipinski definition) is 9. The molecule has 11 heteroatoms. The van der Waals surface area contributed by atoms with Crippen molar-refractivity contribution in [2.75, 3.05) is 26.1 Å². The third-order valence-corrected chi connectivity index (χ3v) is 8.66. The summed E-state index contributed by atoms with van der Waals surface area (Å²) < 4.78 is 50.0. The number of sulfone groups is 1. The molecule has 1 aromatic carbocycles. The van der Waals surface area contributed by atoms with Crippen molar-refractivity contribution in [3.05, 3.63) is 53.0 Å². The first-order chi connectivity index (χ1) is 15.1. The number of nitrogens with two attached hydrogens (primary N) is 1. The zero-order valence-corrected chi connectivity index (χ0v) is 18.5. The van der Waals surface area contributed by atoms with Gasteiger partial charge in [-0.2, -0.15) is 0 Å². The van der Waals surface area contributed by atoms with Crippen molar-refractivity contribution < 1.29 is 27.1 Å². The molecule has 0 bridgehead atoms. The second-order valence-corrected chi connectivity index (χ2v) is 10.5. The minimum absolute atomic E-state index is 0.0549. The van der Waals surface area contributed by atoms with E-state index in [0.717, 1.165) is 0 Å². The van der Waals surface area contributed by atoms with E-state index in [1.54, 1.807) is 0 Å². The summed E-state index contributed by atoms with van der Waals surface area (Å²) in [5.74, 6) is -1.17. The number of hydrogen-bond donors (Lipinski definition) is 1. The quantitative estimate of drug-likeness (QED) is 0.656. The number of ketones is 1. The second-order valence-electron chi connectivity index (χ2n) is 8.20. The van der Waals surface area contributed by atoms with Gasteiger partial charge in [0.05, 0.1) is 19.5 Å². The van der Waals surface area contributed by atoms with Crippen LogP contribution in [-0.2, 0) is 26.5 Å². The zero-order chi connectivity index (χ0) is 23.1. The van der Waals surface area contributed by atoms with Crippen LogP contribution >= 0.6 is 0 Å². The van der Waals surface area contributed by atoms with Crippen molar-refractivity contribution in [1.82, 2.24) is 10.2 Å². The summed E-state index contributed by atoms with van der Waals surface area (Å²) >= 11 is 0. The van der Waals surface area contributed by atoms with E-state index in [1.165, 1.54) is 44.4 Å². The molecule has 3 heterocycles. The Bertz CT molecular complexity index is 1190. The van der Waals surface area contributed by atoms with E-state index in [1.807, 2.05) is 0 Å². The Morgan fingerprint density at radius 1 is 1.28 bits per heavy atom. The molecule has 2 aliphatic heterocycles. The third kappa shape index (κ3) is 3.65. The van der Waals surface area contributed by atoms with Crippen LogP contribution in [0.2, 0.25) is 0 Å². The van der Waals surface area contributed by atoms with Crippen molar-refractivity contribution >= 4 is 21.5 Å². The summed E-state index contributed by atoms with van der Waals surface area (Å²) in [7, 11) is -2.34. The Morgan fingerprint density at radius 2 is 2.06 bits per heavy atom. The number of ether oxygens (including phenoxy) is 2. The lowest BCUT2D eigenvalue weighted by Gasteiger charge is -2.39. The van der Waals surface area contributed by atoms with Crippen LogP contribution < -0.4 is 10.5 Å². The van der Waals surface area contributed by atoms with Crippen LogP contribution in [0, 0.1) is 5.82 Å². The highest BCUT2D eigenvalue weighted by molar-refractivity contribution is 7.93. The molecule has 4 rings (SSSR count).